The van der Waals surface area contributed by atoms with Crippen LogP contribution in [0, 0.1) is 12.1 Å². The van der Waals surface area contributed by atoms with Gasteiger partial charge in [0.2, 0.25) is 0 Å². The molecule has 3 nitrogen and oxygen atoms in total. The van der Waals surface area contributed by atoms with Gasteiger partial charge in [-0.25, -0.2) is 0 Å². The molecule has 3 aromatic carbocycles. The average Bonchev–Trinajstić information content (AvgIpc) is 3.13. The minimum atomic E-state index is 0. The maximum Gasteiger partial charge on any atom is 0.0161 e. The van der Waals surface area contributed by atoms with Gasteiger partial charge >= 0.3 is 0 Å². The van der Waals surface area contributed by atoms with Crippen molar-refractivity contribution >= 4 is 32.4 Å². The summed E-state index contributed by atoms with van der Waals surface area (Å²) in [4.78, 5) is 12.7. The normalized spacial score (nSPS) is 13.0. The van der Waals surface area contributed by atoms with Gasteiger partial charge in [-0.05, 0) is 62.9 Å². The first-order chi connectivity index (χ1) is 16.2. The summed E-state index contributed by atoms with van der Waals surface area (Å²) in [6, 6.07) is 29.3. The fourth-order valence-corrected chi connectivity index (χ4v) is 5.00. The van der Waals surface area contributed by atoms with Crippen LogP contribution in [0.15, 0.2) is 91.5 Å². The molecular weight excluding hydrogens is 595 g/mol. The van der Waals surface area contributed by atoms with Crippen molar-refractivity contribution in [3.8, 4) is 11.3 Å². The van der Waals surface area contributed by atoms with E-state index in [4.69, 9.17) is 0 Å². The third-order valence-electron chi connectivity index (χ3n) is 6.56. The van der Waals surface area contributed by atoms with Gasteiger partial charge in [0.05, 0.1) is 0 Å². The van der Waals surface area contributed by atoms with E-state index in [0.29, 0.717) is 0 Å². The molecule has 3 aromatic heterocycles. The predicted molar refractivity (Wildman–Crippen MR) is 134 cm³/mol. The van der Waals surface area contributed by atoms with Gasteiger partial charge in [-0.1, -0.05) is 55.6 Å². The molecule has 0 atom stereocenters. The van der Waals surface area contributed by atoms with Gasteiger partial charge < -0.3 is 9.97 Å². The Kier molecular flexibility index (Phi) is 5.73. The first kappa shape index (κ1) is 22.3. The molecule has 6 aromatic rings. The Balaban J connectivity index is 0.000000159. The van der Waals surface area contributed by atoms with E-state index in [1.54, 1.807) is 18.6 Å². The van der Waals surface area contributed by atoms with E-state index in [1.165, 1.54) is 32.7 Å². The minimum absolute atomic E-state index is 0. The molecule has 167 valence electrons. The SMILES string of the molecule is CC1(C)c2cc[c-]c3c4ncccc4c4cccc1c4c23.[Ir].[c-]1cnccc1-c1ccccn1. The van der Waals surface area contributed by atoms with Crippen molar-refractivity contribution in [3.05, 3.63) is 115 Å². The second-order valence-electron chi connectivity index (χ2n) is 8.76. The van der Waals surface area contributed by atoms with Crippen LogP contribution in [-0.2, 0) is 25.5 Å². The van der Waals surface area contributed by atoms with E-state index in [1.807, 2.05) is 42.6 Å². The molecule has 0 unspecified atom stereocenters. The van der Waals surface area contributed by atoms with Crippen LogP contribution in [0.3, 0.4) is 0 Å². The molecule has 0 saturated carbocycles. The van der Waals surface area contributed by atoms with Crippen LogP contribution in [0.1, 0.15) is 25.0 Å². The zero-order chi connectivity index (χ0) is 22.4. The number of nitrogens with zero attached hydrogens (tertiary/aromatic N) is 3. The van der Waals surface area contributed by atoms with Crippen molar-refractivity contribution in [2.75, 3.05) is 0 Å². The third-order valence-corrected chi connectivity index (χ3v) is 6.56. The first-order valence-electron chi connectivity index (χ1n) is 11.0. The van der Waals surface area contributed by atoms with Crippen molar-refractivity contribution in [1.82, 2.24) is 15.0 Å². The summed E-state index contributed by atoms with van der Waals surface area (Å²) in [6.07, 6.45) is 7.02. The number of fused-ring (bicyclic) bond motifs is 3. The number of aromatic nitrogens is 3. The Labute approximate surface area is 212 Å². The summed E-state index contributed by atoms with van der Waals surface area (Å²) < 4.78 is 0. The van der Waals surface area contributed by atoms with Crippen LogP contribution in [0.25, 0.3) is 43.7 Å². The van der Waals surface area contributed by atoms with E-state index in [9.17, 15) is 0 Å². The topological polar surface area (TPSA) is 38.7 Å². The maximum absolute atomic E-state index is 4.64. The van der Waals surface area contributed by atoms with Crippen LogP contribution in [0.5, 0.6) is 0 Å². The van der Waals surface area contributed by atoms with E-state index in [0.717, 1.165) is 22.2 Å². The number of rotatable bonds is 1. The molecule has 0 amide bonds. The standard InChI is InChI=1S/C20H14N.C10H7N2.Ir/c1-20(2)15-9-3-6-12-13-8-5-11-21-19(13)14-7-4-10-16(20)18(14)17(12)15;1-2-6-12-10(3-1)9-4-7-11-8-5-9;/h3-6,8-11H,1-2H3;1-4,6-8H;/q2*-1;. The molecule has 1 aliphatic carbocycles. The number of benzene rings is 3. The molecule has 0 spiro atoms. The van der Waals surface area contributed by atoms with E-state index >= 15 is 0 Å². The summed E-state index contributed by atoms with van der Waals surface area (Å²) in [5.41, 5.74) is 5.84. The second kappa shape index (κ2) is 8.72. The monoisotopic (exact) mass is 616 g/mol. The van der Waals surface area contributed by atoms with Gasteiger partial charge in [0.1, 0.15) is 0 Å². The van der Waals surface area contributed by atoms with Crippen molar-refractivity contribution in [2.24, 2.45) is 0 Å². The molecule has 0 bridgehead atoms. The smallest absolute Gasteiger partial charge is 0.0161 e. The van der Waals surface area contributed by atoms with Crippen LogP contribution >= 0.6 is 0 Å². The molecule has 34 heavy (non-hydrogen) atoms. The summed E-state index contributed by atoms with van der Waals surface area (Å²) in [6.45, 7) is 4.63. The van der Waals surface area contributed by atoms with Gasteiger partial charge in [0.25, 0.3) is 0 Å². The minimum Gasteiger partial charge on any atom is -0.321 e. The van der Waals surface area contributed by atoms with Crippen LogP contribution < -0.4 is 0 Å². The second-order valence-corrected chi connectivity index (χ2v) is 8.76. The molecule has 0 fully saturated rings. The molecule has 1 aliphatic rings. The van der Waals surface area contributed by atoms with E-state index in [2.05, 4.69) is 71.3 Å². The Morgan fingerprint density at radius 1 is 0.706 bits per heavy atom. The Morgan fingerprint density at radius 2 is 1.53 bits per heavy atom. The Morgan fingerprint density at radius 3 is 2.32 bits per heavy atom. The molecular formula is C30H21IrN3-2. The first-order valence-corrected chi connectivity index (χ1v) is 11.0. The van der Waals surface area contributed by atoms with Crippen LogP contribution in [-0.4, -0.2) is 15.0 Å². The van der Waals surface area contributed by atoms with Crippen molar-refractivity contribution in [2.45, 2.75) is 19.3 Å². The summed E-state index contributed by atoms with van der Waals surface area (Å²) in [7, 11) is 0. The van der Waals surface area contributed by atoms with Crippen molar-refractivity contribution in [3.63, 3.8) is 0 Å². The molecule has 0 N–H and O–H groups in total. The fourth-order valence-electron chi connectivity index (χ4n) is 5.00. The van der Waals surface area contributed by atoms with Crippen LogP contribution in [0.4, 0.5) is 0 Å². The van der Waals surface area contributed by atoms with Gasteiger partial charge in [-0.3, -0.25) is 4.98 Å². The zero-order valence-electron chi connectivity index (χ0n) is 18.8. The summed E-state index contributed by atoms with van der Waals surface area (Å²) in [5.74, 6) is 0. The summed E-state index contributed by atoms with van der Waals surface area (Å²) in [5, 5.41) is 6.44. The molecule has 7 rings (SSSR count). The van der Waals surface area contributed by atoms with Crippen LogP contribution in [0.2, 0.25) is 0 Å². The predicted octanol–water partition coefficient (Wildman–Crippen LogP) is 6.92. The molecule has 0 aliphatic heterocycles. The third kappa shape index (κ3) is 3.42. The average molecular weight is 616 g/mol. The quantitative estimate of drug-likeness (QED) is 0.149. The van der Waals surface area contributed by atoms with Crippen molar-refractivity contribution < 1.29 is 20.1 Å². The summed E-state index contributed by atoms with van der Waals surface area (Å²) >= 11 is 0. The van der Waals surface area contributed by atoms with Crippen molar-refractivity contribution in [1.29, 1.82) is 0 Å². The van der Waals surface area contributed by atoms with Gasteiger partial charge in [0.15, 0.2) is 0 Å². The molecule has 3 heterocycles. The largest absolute Gasteiger partial charge is 0.321 e. The fraction of sp³-hybridized carbons (Fsp3) is 0.100. The van der Waals surface area contributed by atoms with E-state index < -0.39 is 0 Å². The van der Waals surface area contributed by atoms with Gasteiger partial charge in [-0.15, -0.1) is 35.2 Å². The number of pyridine rings is 3. The molecule has 1 radical (unpaired) electrons. The molecule has 0 saturated heterocycles. The van der Waals surface area contributed by atoms with E-state index in [-0.39, 0.29) is 25.5 Å². The number of hydrogen-bond donors (Lipinski definition) is 0. The maximum atomic E-state index is 4.64. The zero-order valence-corrected chi connectivity index (χ0v) is 21.2. The van der Waals surface area contributed by atoms with Gasteiger partial charge in [-0.2, -0.15) is 11.6 Å². The molecule has 4 heteroatoms. The Hall–Kier alpha value is -3.46. The van der Waals surface area contributed by atoms with Gasteiger partial charge in [0, 0.05) is 32.5 Å². The Bertz CT molecular complexity index is 1510. The number of hydrogen-bond acceptors (Lipinski definition) is 3.